The number of para-hydroxylation sites is 2. The molecule has 0 saturated carbocycles. The molecule has 1 heterocycles. The van der Waals surface area contributed by atoms with Gasteiger partial charge in [0.15, 0.2) is 0 Å². The minimum absolute atomic E-state index is 0.133. The van der Waals surface area contributed by atoms with Crippen LogP contribution in [0, 0.1) is 0 Å². The predicted molar refractivity (Wildman–Crippen MR) is 311 cm³/mol. The fraction of sp³-hybridized carbons (Fsp3) is 0.0959. The van der Waals surface area contributed by atoms with Gasteiger partial charge in [-0.15, -0.1) is 0 Å². The van der Waals surface area contributed by atoms with Crippen molar-refractivity contribution in [3.63, 3.8) is 0 Å². The van der Waals surface area contributed by atoms with Gasteiger partial charge >= 0.3 is 0 Å². The second-order valence-electron chi connectivity index (χ2n) is 22.3. The highest BCUT2D eigenvalue weighted by Crippen LogP contribution is 2.65. The summed E-state index contributed by atoms with van der Waals surface area (Å²) in [6.45, 7) is 9.50. The van der Waals surface area contributed by atoms with Crippen molar-refractivity contribution in [3.8, 4) is 66.8 Å². The first-order chi connectivity index (χ1) is 36.7. The molecule has 2 nitrogen and oxygen atoms in total. The third kappa shape index (κ3) is 5.59. The molecule has 354 valence electrons. The van der Waals surface area contributed by atoms with Gasteiger partial charge in [-0.05, 0) is 154 Å². The molecule has 11 aromatic carbocycles. The van der Waals surface area contributed by atoms with Crippen molar-refractivity contribution < 1.29 is 4.42 Å². The van der Waals surface area contributed by atoms with Gasteiger partial charge in [0, 0.05) is 44.2 Å². The van der Waals surface area contributed by atoms with Crippen LogP contribution in [0.4, 0.5) is 17.1 Å². The molecule has 0 bridgehead atoms. The number of benzene rings is 11. The Morgan fingerprint density at radius 2 is 0.733 bits per heavy atom. The maximum absolute atomic E-state index is 6.76. The van der Waals surface area contributed by atoms with Crippen LogP contribution in [0.5, 0.6) is 0 Å². The molecule has 0 radical (unpaired) electrons. The largest absolute Gasteiger partial charge is 0.455 e. The quantitative estimate of drug-likeness (QED) is 0.171. The normalized spacial score (nSPS) is 15.0. The first-order valence-electron chi connectivity index (χ1n) is 26.5. The van der Waals surface area contributed by atoms with Crippen LogP contribution >= 0.6 is 0 Å². The van der Waals surface area contributed by atoms with Crippen LogP contribution in [0.3, 0.4) is 0 Å². The number of nitrogens with zero attached hydrogens (tertiary/aromatic N) is 1. The molecule has 0 atom stereocenters. The van der Waals surface area contributed by atoms with Gasteiger partial charge in [0.25, 0.3) is 0 Å². The van der Waals surface area contributed by atoms with Crippen LogP contribution in [-0.2, 0) is 16.2 Å². The average molecular weight is 958 g/mol. The summed E-state index contributed by atoms with van der Waals surface area (Å²) in [6, 6.07) is 88.9. The van der Waals surface area contributed by atoms with Crippen molar-refractivity contribution in [2.75, 3.05) is 4.90 Å². The summed E-state index contributed by atoms with van der Waals surface area (Å²) in [7, 11) is 0. The molecule has 4 aliphatic rings. The number of anilines is 3. The van der Waals surface area contributed by atoms with E-state index >= 15 is 0 Å². The van der Waals surface area contributed by atoms with E-state index in [4.69, 9.17) is 4.42 Å². The smallest absolute Gasteiger partial charge is 0.143 e. The first kappa shape index (κ1) is 42.5. The molecule has 4 aliphatic carbocycles. The lowest BCUT2D eigenvalue weighted by molar-refractivity contribution is 0.660. The van der Waals surface area contributed by atoms with Gasteiger partial charge in [-0.25, -0.2) is 0 Å². The topological polar surface area (TPSA) is 16.4 Å². The molecule has 0 fully saturated rings. The van der Waals surface area contributed by atoms with Gasteiger partial charge in [-0.2, -0.15) is 0 Å². The van der Waals surface area contributed by atoms with Gasteiger partial charge in [0.1, 0.15) is 11.2 Å². The van der Waals surface area contributed by atoms with Crippen molar-refractivity contribution in [2.45, 2.75) is 43.9 Å². The molecule has 12 aromatic rings. The minimum atomic E-state index is -0.523. The summed E-state index contributed by atoms with van der Waals surface area (Å²) in [4.78, 5) is 2.48. The van der Waals surface area contributed by atoms with Gasteiger partial charge < -0.3 is 9.32 Å². The van der Waals surface area contributed by atoms with E-state index in [1.807, 2.05) is 0 Å². The van der Waals surface area contributed by atoms with E-state index in [-0.39, 0.29) is 10.8 Å². The zero-order chi connectivity index (χ0) is 50.0. The highest BCUT2D eigenvalue weighted by molar-refractivity contribution is 6.12. The number of hydrogen-bond donors (Lipinski definition) is 0. The molecule has 0 aliphatic heterocycles. The maximum Gasteiger partial charge on any atom is 0.143 e. The molecule has 1 aromatic heterocycles. The third-order valence-electron chi connectivity index (χ3n) is 17.9. The third-order valence-corrected chi connectivity index (χ3v) is 17.9. The van der Waals surface area contributed by atoms with Crippen molar-refractivity contribution in [1.29, 1.82) is 0 Å². The summed E-state index contributed by atoms with van der Waals surface area (Å²) >= 11 is 0. The number of furan rings is 1. The Labute approximate surface area is 437 Å². The number of rotatable bonds is 5. The molecule has 0 unspecified atom stereocenters. The standard InChI is InChI=1S/C73H51NO/c1-71(2)60-25-10-5-17-49(60)53-39-36-47(42-65(53)71)74(48-37-40-54-50-18-6-11-26-61(50)72(3,4)66(54)43-48)46-34-31-44(32-35-46)45-33-38-59-67(41-45)73(62-27-12-7-19-51(62)52-20-8-13-28-63(52)73)64-29-16-22-56(69(59)64)58-24-15-23-57-55-21-9-14-30-68(55)75-70(57)58/h5-43H,1-4H3. The van der Waals surface area contributed by atoms with Gasteiger partial charge in [0.05, 0.1) is 5.41 Å². The summed E-state index contributed by atoms with van der Waals surface area (Å²) in [5.41, 5.74) is 30.3. The van der Waals surface area contributed by atoms with Gasteiger partial charge in [-0.1, -0.05) is 216 Å². The minimum Gasteiger partial charge on any atom is -0.455 e. The fourth-order valence-electron chi connectivity index (χ4n) is 14.5. The van der Waals surface area contributed by atoms with Crippen molar-refractivity contribution in [2.24, 2.45) is 0 Å². The van der Waals surface area contributed by atoms with Crippen LogP contribution < -0.4 is 4.90 Å². The van der Waals surface area contributed by atoms with Crippen LogP contribution in [0.25, 0.3) is 88.7 Å². The molecular formula is C73H51NO. The highest BCUT2D eigenvalue weighted by Gasteiger charge is 2.52. The Morgan fingerprint density at radius 3 is 1.36 bits per heavy atom. The second-order valence-corrected chi connectivity index (χ2v) is 22.3. The Kier molecular flexibility index (Phi) is 8.54. The summed E-state index contributed by atoms with van der Waals surface area (Å²) in [5.74, 6) is 0. The monoisotopic (exact) mass is 957 g/mol. The van der Waals surface area contributed by atoms with Crippen LogP contribution in [0.1, 0.15) is 72.2 Å². The molecule has 75 heavy (non-hydrogen) atoms. The fourth-order valence-corrected chi connectivity index (χ4v) is 14.5. The van der Waals surface area contributed by atoms with Crippen LogP contribution in [-0.4, -0.2) is 0 Å². The maximum atomic E-state index is 6.76. The molecule has 16 rings (SSSR count). The number of hydrogen-bond acceptors (Lipinski definition) is 2. The van der Waals surface area contributed by atoms with Gasteiger partial charge in [0.2, 0.25) is 0 Å². The highest BCUT2D eigenvalue weighted by atomic mass is 16.3. The Bertz CT molecular complexity index is 4280. The zero-order valence-corrected chi connectivity index (χ0v) is 42.4. The van der Waals surface area contributed by atoms with E-state index in [0.717, 1.165) is 44.6 Å². The van der Waals surface area contributed by atoms with Crippen molar-refractivity contribution in [1.82, 2.24) is 0 Å². The van der Waals surface area contributed by atoms with E-state index in [9.17, 15) is 0 Å². The lowest BCUT2D eigenvalue weighted by Crippen LogP contribution is -2.25. The Morgan fingerprint density at radius 1 is 0.293 bits per heavy atom. The lowest BCUT2D eigenvalue weighted by Gasteiger charge is -2.31. The average Bonchev–Trinajstić information content (AvgIpc) is 4.20. The summed E-state index contributed by atoms with van der Waals surface area (Å²) < 4.78 is 6.76. The van der Waals surface area contributed by atoms with Crippen LogP contribution in [0.2, 0.25) is 0 Å². The summed E-state index contributed by atoms with van der Waals surface area (Å²) in [5, 5.41) is 2.28. The molecule has 1 spiro atoms. The summed E-state index contributed by atoms with van der Waals surface area (Å²) in [6.07, 6.45) is 0. The zero-order valence-electron chi connectivity index (χ0n) is 42.4. The molecular weight excluding hydrogens is 907 g/mol. The Balaban J connectivity index is 0.871. The molecule has 0 saturated heterocycles. The molecule has 0 amide bonds. The Hall–Kier alpha value is -8.98. The van der Waals surface area contributed by atoms with E-state index in [1.54, 1.807) is 0 Å². The van der Waals surface area contributed by atoms with Gasteiger partial charge in [-0.3, -0.25) is 0 Å². The van der Waals surface area contributed by atoms with E-state index < -0.39 is 5.41 Å². The molecule has 2 heteroatoms. The van der Waals surface area contributed by atoms with E-state index in [2.05, 4.69) is 269 Å². The second kappa shape index (κ2) is 15.1. The first-order valence-corrected chi connectivity index (χ1v) is 26.5. The predicted octanol–water partition coefficient (Wildman–Crippen LogP) is 19.3. The van der Waals surface area contributed by atoms with Crippen molar-refractivity contribution >= 4 is 39.0 Å². The SMILES string of the molecule is CC1(C)c2ccccc2-c2ccc(N(c3ccc(-c4ccc5c(c4)C4(c6ccccc6-c6ccccc64)c4cccc(-c6cccc7c6oc6ccccc67)c4-5)cc3)c3ccc4c(c3)C(C)(C)c3ccccc3-4)cc21. The van der Waals surface area contributed by atoms with Crippen molar-refractivity contribution in [3.05, 3.63) is 281 Å². The van der Waals surface area contributed by atoms with E-state index in [0.29, 0.717) is 0 Å². The van der Waals surface area contributed by atoms with E-state index in [1.165, 1.54) is 106 Å². The molecule has 0 N–H and O–H groups in total. The number of fused-ring (bicyclic) bond motifs is 19. The lowest BCUT2D eigenvalue weighted by atomic mass is 9.70. The van der Waals surface area contributed by atoms with Crippen LogP contribution in [0.15, 0.2) is 241 Å².